The number of hydrogen-bond donors (Lipinski definition) is 2. The van der Waals surface area contributed by atoms with Crippen LogP contribution in [0.15, 0.2) is 17.2 Å². The summed E-state index contributed by atoms with van der Waals surface area (Å²) in [4.78, 5) is 31.5. The molecule has 6 nitrogen and oxygen atoms in total. The Morgan fingerprint density at radius 2 is 1.87 bits per heavy atom. The van der Waals surface area contributed by atoms with Crippen LogP contribution in [-0.2, 0) is 4.79 Å². The SMILES string of the molecule is CCCSc1nc(N2CC[C@H](C(=O)O)C2)ccc1C(=O)N[C@H]1C2CC3CC1C[C@@H](C3)C2. The van der Waals surface area contributed by atoms with Gasteiger partial charge >= 0.3 is 5.97 Å². The highest BCUT2D eigenvalue weighted by Gasteiger charge is 2.48. The predicted octanol–water partition coefficient (Wildman–Crippen LogP) is 4.05. The van der Waals surface area contributed by atoms with Gasteiger partial charge in [0.2, 0.25) is 0 Å². The van der Waals surface area contributed by atoms with E-state index in [1.807, 2.05) is 17.0 Å². The van der Waals surface area contributed by atoms with E-state index in [4.69, 9.17) is 4.98 Å². The van der Waals surface area contributed by atoms with Gasteiger partial charge in [0.25, 0.3) is 5.91 Å². The summed E-state index contributed by atoms with van der Waals surface area (Å²) < 4.78 is 0. The van der Waals surface area contributed by atoms with E-state index in [1.54, 1.807) is 11.8 Å². The molecule has 0 radical (unpaired) electrons. The largest absolute Gasteiger partial charge is 0.481 e. The fourth-order valence-corrected chi connectivity index (χ4v) is 7.52. The molecule has 31 heavy (non-hydrogen) atoms. The van der Waals surface area contributed by atoms with Crippen molar-refractivity contribution in [2.45, 2.75) is 62.9 Å². The molecule has 7 heteroatoms. The van der Waals surface area contributed by atoms with Crippen molar-refractivity contribution in [3.8, 4) is 0 Å². The zero-order valence-corrected chi connectivity index (χ0v) is 19.1. The number of nitrogens with zero attached hydrogens (tertiary/aromatic N) is 2. The summed E-state index contributed by atoms with van der Waals surface area (Å²) in [6.07, 6.45) is 8.20. The minimum Gasteiger partial charge on any atom is -0.481 e. The topological polar surface area (TPSA) is 82.5 Å². The molecule has 1 atom stereocenters. The van der Waals surface area contributed by atoms with Gasteiger partial charge in [-0.05, 0) is 86.5 Å². The molecule has 1 aliphatic heterocycles. The molecule has 4 bridgehead atoms. The number of amides is 1. The first kappa shape index (κ1) is 21.1. The van der Waals surface area contributed by atoms with Crippen LogP contribution in [0.2, 0.25) is 0 Å². The fraction of sp³-hybridized carbons (Fsp3) is 0.708. The second kappa shape index (κ2) is 8.64. The molecule has 6 rings (SSSR count). The molecule has 2 N–H and O–H groups in total. The molecule has 5 fully saturated rings. The first-order chi connectivity index (χ1) is 15.0. The smallest absolute Gasteiger partial charge is 0.308 e. The Hall–Kier alpha value is -1.76. The highest BCUT2D eigenvalue weighted by Crippen LogP contribution is 2.53. The highest BCUT2D eigenvalue weighted by molar-refractivity contribution is 7.99. The number of thioether (sulfide) groups is 1. The van der Waals surface area contributed by atoms with Crippen LogP contribution in [0.25, 0.3) is 0 Å². The quantitative estimate of drug-likeness (QED) is 0.619. The number of aromatic nitrogens is 1. The highest BCUT2D eigenvalue weighted by atomic mass is 32.2. The van der Waals surface area contributed by atoms with Crippen LogP contribution in [0.3, 0.4) is 0 Å². The molecular formula is C24H33N3O3S. The molecule has 0 spiro atoms. The maximum Gasteiger partial charge on any atom is 0.308 e. The van der Waals surface area contributed by atoms with E-state index < -0.39 is 5.97 Å². The Labute approximate surface area is 188 Å². The van der Waals surface area contributed by atoms with Crippen LogP contribution in [0.1, 0.15) is 62.2 Å². The van der Waals surface area contributed by atoms with E-state index in [-0.39, 0.29) is 11.8 Å². The number of rotatable bonds is 7. The van der Waals surface area contributed by atoms with Crippen LogP contribution < -0.4 is 10.2 Å². The maximum atomic E-state index is 13.3. The van der Waals surface area contributed by atoms with E-state index >= 15 is 0 Å². The van der Waals surface area contributed by atoms with E-state index in [1.165, 1.54) is 32.1 Å². The summed E-state index contributed by atoms with van der Waals surface area (Å²) >= 11 is 1.63. The Morgan fingerprint density at radius 1 is 1.16 bits per heavy atom. The first-order valence-corrected chi connectivity index (χ1v) is 12.9. The molecule has 5 aliphatic rings. The standard InChI is InChI=1S/C24H33N3O3S/c1-2-7-31-23-19(3-4-20(25-23)27-6-5-16(13-27)24(29)30)22(28)26-21-17-9-14-8-15(11-17)12-18(21)10-14/h3-4,14-18,21H,2,5-13H2,1H3,(H,26,28)(H,29,30)/t14-,15?,16-,17?,18?,21-/m0/s1. The number of aliphatic carboxylic acids is 1. The van der Waals surface area contributed by atoms with Crippen molar-refractivity contribution in [1.82, 2.24) is 10.3 Å². The predicted molar refractivity (Wildman–Crippen MR) is 122 cm³/mol. The first-order valence-electron chi connectivity index (χ1n) is 11.9. The van der Waals surface area contributed by atoms with Crippen molar-refractivity contribution >= 4 is 29.5 Å². The summed E-state index contributed by atoms with van der Waals surface area (Å²) in [5, 5.41) is 13.5. The van der Waals surface area contributed by atoms with E-state index in [0.717, 1.165) is 34.9 Å². The molecule has 4 aliphatic carbocycles. The minimum atomic E-state index is -0.741. The maximum absolute atomic E-state index is 13.3. The van der Waals surface area contributed by atoms with Gasteiger partial charge in [-0.3, -0.25) is 9.59 Å². The average molecular weight is 444 g/mol. The number of anilines is 1. The average Bonchev–Trinajstić information content (AvgIpc) is 3.25. The van der Waals surface area contributed by atoms with Crippen molar-refractivity contribution in [2.75, 3.05) is 23.7 Å². The van der Waals surface area contributed by atoms with Crippen molar-refractivity contribution in [2.24, 2.45) is 29.6 Å². The van der Waals surface area contributed by atoms with Gasteiger partial charge in [-0.2, -0.15) is 0 Å². The number of nitrogens with one attached hydrogen (secondary N) is 1. The summed E-state index contributed by atoms with van der Waals surface area (Å²) in [5.74, 6) is 3.71. The lowest BCUT2D eigenvalue weighted by Crippen LogP contribution is -2.55. The number of carbonyl (C=O) groups excluding carboxylic acids is 1. The third-order valence-corrected chi connectivity index (χ3v) is 9.12. The van der Waals surface area contributed by atoms with Gasteiger partial charge in [0.05, 0.1) is 11.5 Å². The Kier molecular flexibility index (Phi) is 5.88. The molecule has 1 saturated heterocycles. The Balaban J connectivity index is 1.33. The lowest BCUT2D eigenvalue weighted by Gasteiger charge is -2.54. The summed E-state index contributed by atoms with van der Waals surface area (Å²) in [6.45, 7) is 3.31. The molecular weight excluding hydrogens is 410 g/mol. The van der Waals surface area contributed by atoms with Gasteiger partial charge in [-0.15, -0.1) is 11.8 Å². The fourth-order valence-electron chi connectivity index (χ4n) is 6.65. The van der Waals surface area contributed by atoms with Gasteiger partial charge < -0.3 is 15.3 Å². The third kappa shape index (κ3) is 4.18. The molecule has 1 amide bonds. The van der Waals surface area contributed by atoms with Crippen LogP contribution in [-0.4, -0.2) is 46.9 Å². The van der Waals surface area contributed by atoms with E-state index in [2.05, 4.69) is 12.2 Å². The van der Waals surface area contributed by atoms with Crippen molar-refractivity contribution < 1.29 is 14.7 Å². The van der Waals surface area contributed by atoms with E-state index in [9.17, 15) is 14.7 Å². The number of carbonyl (C=O) groups is 2. The molecule has 168 valence electrons. The summed E-state index contributed by atoms with van der Waals surface area (Å²) in [5.41, 5.74) is 0.671. The van der Waals surface area contributed by atoms with Gasteiger partial charge in [-0.1, -0.05) is 6.92 Å². The zero-order chi connectivity index (χ0) is 21.5. The normalized spacial score (nSPS) is 33.6. The van der Waals surface area contributed by atoms with Gasteiger partial charge in [0.1, 0.15) is 10.8 Å². The van der Waals surface area contributed by atoms with Crippen molar-refractivity contribution in [1.29, 1.82) is 0 Å². The monoisotopic (exact) mass is 443 g/mol. The Bertz CT molecular complexity index is 832. The number of pyridine rings is 1. The molecule has 4 saturated carbocycles. The lowest BCUT2D eigenvalue weighted by molar-refractivity contribution is -0.140. The number of carboxylic acid groups (broad SMARTS) is 1. The van der Waals surface area contributed by atoms with Crippen LogP contribution in [0.4, 0.5) is 5.82 Å². The second-order valence-electron chi connectivity index (χ2n) is 10.1. The van der Waals surface area contributed by atoms with E-state index in [0.29, 0.717) is 43.0 Å². The van der Waals surface area contributed by atoms with Gasteiger partial charge in [-0.25, -0.2) is 4.98 Å². The van der Waals surface area contributed by atoms with Crippen LogP contribution >= 0.6 is 11.8 Å². The zero-order valence-electron chi connectivity index (χ0n) is 18.3. The van der Waals surface area contributed by atoms with Crippen LogP contribution in [0.5, 0.6) is 0 Å². The molecule has 0 aromatic carbocycles. The summed E-state index contributed by atoms with van der Waals surface area (Å²) in [6, 6.07) is 4.12. The van der Waals surface area contributed by atoms with Gasteiger partial charge in [0.15, 0.2) is 0 Å². The molecule has 2 heterocycles. The molecule has 1 aromatic rings. The Morgan fingerprint density at radius 3 is 2.48 bits per heavy atom. The minimum absolute atomic E-state index is 0.0139. The van der Waals surface area contributed by atoms with Crippen LogP contribution in [0, 0.1) is 29.6 Å². The molecule has 0 unspecified atom stereocenters. The molecule has 1 aromatic heterocycles. The number of carboxylic acids is 1. The number of hydrogen-bond acceptors (Lipinski definition) is 5. The lowest BCUT2D eigenvalue weighted by atomic mass is 9.54. The third-order valence-electron chi connectivity index (χ3n) is 7.92. The van der Waals surface area contributed by atoms with Crippen molar-refractivity contribution in [3.05, 3.63) is 17.7 Å². The van der Waals surface area contributed by atoms with Crippen molar-refractivity contribution in [3.63, 3.8) is 0 Å². The van der Waals surface area contributed by atoms with Gasteiger partial charge in [0, 0.05) is 19.1 Å². The summed E-state index contributed by atoms with van der Waals surface area (Å²) in [7, 11) is 0. The second-order valence-corrected chi connectivity index (χ2v) is 11.2.